The Balaban J connectivity index is 3.01. The summed E-state index contributed by atoms with van der Waals surface area (Å²) < 4.78 is 5.72. The summed E-state index contributed by atoms with van der Waals surface area (Å²) in [6, 6.07) is 0. The van der Waals surface area contributed by atoms with Gasteiger partial charge in [0.2, 0.25) is 0 Å². The Bertz CT molecular complexity index is 101. The number of unbranched alkanes of at least 4 members (excludes halogenated alkanes) is 3. The van der Waals surface area contributed by atoms with Crippen LogP contribution in [0.15, 0.2) is 0 Å². The summed E-state index contributed by atoms with van der Waals surface area (Å²) >= 11 is 5.56. The molecule has 12 heavy (non-hydrogen) atoms. The molecule has 0 aromatic carbocycles. The van der Waals surface area contributed by atoms with Gasteiger partial charge in [-0.15, -0.1) is 11.6 Å². The van der Waals surface area contributed by atoms with Gasteiger partial charge in [-0.25, -0.2) is 0 Å². The Morgan fingerprint density at radius 3 is 2.08 bits per heavy atom. The molecular formula is C9H21ClOSi. The Kier molecular flexibility index (Phi) is 7.20. The van der Waals surface area contributed by atoms with Gasteiger partial charge in [0.25, 0.3) is 0 Å². The van der Waals surface area contributed by atoms with Crippen molar-refractivity contribution in [2.45, 2.75) is 45.3 Å². The molecule has 0 rings (SSSR count). The summed E-state index contributed by atoms with van der Waals surface area (Å²) in [5, 5.41) is 0. The molecule has 0 saturated carbocycles. The predicted octanol–water partition coefficient (Wildman–Crippen LogP) is 3.64. The highest BCUT2D eigenvalue weighted by Crippen LogP contribution is 2.06. The minimum Gasteiger partial charge on any atom is -0.418 e. The predicted molar refractivity (Wildman–Crippen MR) is 58.5 cm³/mol. The Labute approximate surface area is 82.6 Å². The first-order chi connectivity index (χ1) is 5.56. The molecule has 0 fully saturated rings. The number of hydrogen-bond acceptors (Lipinski definition) is 1. The molecule has 0 heterocycles. The van der Waals surface area contributed by atoms with Crippen molar-refractivity contribution in [2.24, 2.45) is 0 Å². The zero-order chi connectivity index (χ0) is 9.45. The molecule has 3 heteroatoms. The van der Waals surface area contributed by atoms with Gasteiger partial charge in [-0.05, 0) is 32.5 Å². The van der Waals surface area contributed by atoms with Crippen molar-refractivity contribution >= 4 is 19.9 Å². The van der Waals surface area contributed by atoms with Crippen LogP contribution in [0, 0.1) is 0 Å². The summed E-state index contributed by atoms with van der Waals surface area (Å²) in [7, 11) is -1.25. The summed E-state index contributed by atoms with van der Waals surface area (Å²) in [6.07, 6.45) is 4.85. The fourth-order valence-electron chi connectivity index (χ4n) is 0.928. The van der Waals surface area contributed by atoms with Crippen molar-refractivity contribution in [3.05, 3.63) is 0 Å². The molecule has 0 aliphatic carbocycles. The fourth-order valence-corrected chi connectivity index (χ4v) is 1.87. The van der Waals surface area contributed by atoms with Crippen LogP contribution in [0.3, 0.4) is 0 Å². The number of halogens is 1. The second-order valence-electron chi connectivity index (χ2n) is 4.06. The fraction of sp³-hybridized carbons (Fsp3) is 1.00. The molecule has 0 aromatic heterocycles. The van der Waals surface area contributed by atoms with E-state index in [2.05, 4.69) is 19.6 Å². The minimum absolute atomic E-state index is 0.800. The van der Waals surface area contributed by atoms with E-state index in [4.69, 9.17) is 16.0 Å². The van der Waals surface area contributed by atoms with Crippen LogP contribution >= 0.6 is 11.6 Å². The van der Waals surface area contributed by atoms with Crippen LogP contribution in [0.5, 0.6) is 0 Å². The lowest BCUT2D eigenvalue weighted by Gasteiger charge is -2.16. The lowest BCUT2D eigenvalue weighted by Crippen LogP contribution is -2.25. The average molecular weight is 209 g/mol. The van der Waals surface area contributed by atoms with Gasteiger partial charge in [0.15, 0.2) is 8.32 Å². The third kappa shape index (κ3) is 10.5. The SMILES string of the molecule is C[Si](C)(C)OCCCCCCCl. The van der Waals surface area contributed by atoms with Gasteiger partial charge in [-0.2, -0.15) is 0 Å². The molecule has 0 unspecified atom stereocenters. The monoisotopic (exact) mass is 208 g/mol. The van der Waals surface area contributed by atoms with Crippen LogP contribution in [-0.4, -0.2) is 20.8 Å². The molecule has 0 bridgehead atoms. The summed E-state index contributed by atoms with van der Waals surface area (Å²) in [4.78, 5) is 0. The Morgan fingerprint density at radius 2 is 1.58 bits per heavy atom. The van der Waals surface area contributed by atoms with Crippen LogP contribution in [0.25, 0.3) is 0 Å². The van der Waals surface area contributed by atoms with E-state index in [-0.39, 0.29) is 0 Å². The second-order valence-corrected chi connectivity index (χ2v) is 8.96. The van der Waals surface area contributed by atoms with Crippen LogP contribution in [0.2, 0.25) is 19.6 Å². The van der Waals surface area contributed by atoms with Gasteiger partial charge in [-0.3, -0.25) is 0 Å². The third-order valence-corrected chi connectivity index (χ3v) is 2.90. The first-order valence-electron chi connectivity index (χ1n) is 4.76. The summed E-state index contributed by atoms with van der Waals surface area (Å²) in [5.41, 5.74) is 0. The third-order valence-electron chi connectivity index (χ3n) is 1.56. The quantitative estimate of drug-likeness (QED) is 0.353. The molecule has 74 valence electrons. The van der Waals surface area contributed by atoms with E-state index in [1.807, 2.05) is 0 Å². The summed E-state index contributed by atoms with van der Waals surface area (Å²) in [5.74, 6) is 0.800. The van der Waals surface area contributed by atoms with E-state index >= 15 is 0 Å². The van der Waals surface area contributed by atoms with E-state index in [1.165, 1.54) is 19.3 Å². The zero-order valence-electron chi connectivity index (χ0n) is 8.53. The van der Waals surface area contributed by atoms with Gasteiger partial charge < -0.3 is 4.43 Å². The summed E-state index contributed by atoms with van der Waals surface area (Å²) in [6.45, 7) is 7.63. The highest BCUT2D eigenvalue weighted by atomic mass is 35.5. The maximum absolute atomic E-state index is 5.72. The molecular weight excluding hydrogens is 188 g/mol. The van der Waals surface area contributed by atoms with E-state index in [9.17, 15) is 0 Å². The van der Waals surface area contributed by atoms with Crippen molar-refractivity contribution in [1.29, 1.82) is 0 Å². The molecule has 1 nitrogen and oxygen atoms in total. The van der Waals surface area contributed by atoms with Gasteiger partial charge in [0.05, 0.1) is 0 Å². The van der Waals surface area contributed by atoms with Gasteiger partial charge >= 0.3 is 0 Å². The Morgan fingerprint density at radius 1 is 1.00 bits per heavy atom. The highest BCUT2D eigenvalue weighted by Gasteiger charge is 2.12. The van der Waals surface area contributed by atoms with Crippen molar-refractivity contribution < 1.29 is 4.43 Å². The molecule has 0 aliphatic heterocycles. The molecule has 0 atom stereocenters. The van der Waals surface area contributed by atoms with E-state index < -0.39 is 8.32 Å². The normalized spacial score (nSPS) is 12.0. The standard InChI is InChI=1S/C9H21ClOSi/c1-12(2,3)11-9-7-5-4-6-8-10/h4-9H2,1-3H3. The minimum atomic E-state index is -1.25. The van der Waals surface area contributed by atoms with Crippen LogP contribution in [-0.2, 0) is 4.43 Å². The van der Waals surface area contributed by atoms with Crippen molar-refractivity contribution in [2.75, 3.05) is 12.5 Å². The van der Waals surface area contributed by atoms with Crippen molar-refractivity contribution in [1.82, 2.24) is 0 Å². The lowest BCUT2D eigenvalue weighted by molar-refractivity contribution is 0.299. The molecule has 0 amide bonds. The van der Waals surface area contributed by atoms with Gasteiger partial charge in [0.1, 0.15) is 0 Å². The second kappa shape index (κ2) is 6.93. The number of hydrogen-bond donors (Lipinski definition) is 0. The van der Waals surface area contributed by atoms with Crippen molar-refractivity contribution in [3.8, 4) is 0 Å². The number of rotatable bonds is 7. The topological polar surface area (TPSA) is 9.23 Å². The molecule has 0 spiro atoms. The number of alkyl halides is 1. The van der Waals surface area contributed by atoms with E-state index in [0.717, 1.165) is 18.9 Å². The van der Waals surface area contributed by atoms with Crippen molar-refractivity contribution in [3.63, 3.8) is 0 Å². The average Bonchev–Trinajstić information content (AvgIpc) is 1.94. The smallest absolute Gasteiger partial charge is 0.183 e. The lowest BCUT2D eigenvalue weighted by atomic mass is 10.2. The molecule has 0 aliphatic rings. The zero-order valence-corrected chi connectivity index (χ0v) is 10.3. The largest absolute Gasteiger partial charge is 0.418 e. The van der Waals surface area contributed by atoms with E-state index in [0.29, 0.717) is 0 Å². The molecule has 0 aromatic rings. The molecule has 0 N–H and O–H groups in total. The molecule has 0 saturated heterocycles. The Hall–Kier alpha value is 0.467. The first-order valence-corrected chi connectivity index (χ1v) is 8.70. The van der Waals surface area contributed by atoms with Crippen LogP contribution in [0.4, 0.5) is 0 Å². The van der Waals surface area contributed by atoms with E-state index in [1.54, 1.807) is 0 Å². The first kappa shape index (κ1) is 12.5. The maximum atomic E-state index is 5.72. The highest BCUT2D eigenvalue weighted by molar-refractivity contribution is 6.69. The molecule has 0 radical (unpaired) electrons. The van der Waals surface area contributed by atoms with Gasteiger partial charge in [0, 0.05) is 12.5 Å². The maximum Gasteiger partial charge on any atom is 0.183 e. The van der Waals surface area contributed by atoms with Crippen LogP contribution in [0.1, 0.15) is 25.7 Å². The van der Waals surface area contributed by atoms with Gasteiger partial charge in [-0.1, -0.05) is 12.8 Å². The van der Waals surface area contributed by atoms with Crippen LogP contribution < -0.4 is 0 Å².